The first-order chi connectivity index (χ1) is 13.2. The number of aryl methyl sites for hydroxylation is 1. The third-order valence-corrected chi connectivity index (χ3v) is 4.89. The van der Waals surface area contributed by atoms with E-state index in [-0.39, 0.29) is 6.54 Å². The van der Waals surface area contributed by atoms with Gasteiger partial charge in [0.2, 0.25) is 0 Å². The van der Waals surface area contributed by atoms with Crippen LogP contribution in [0.25, 0.3) is 0 Å². The number of carbonyl (C=O) groups excluding carboxylic acids is 2. The van der Waals surface area contributed by atoms with Gasteiger partial charge in [0.25, 0.3) is 5.92 Å². The summed E-state index contributed by atoms with van der Waals surface area (Å²) in [5.41, 5.74) is 7.03. The Bertz CT molecular complexity index is 923. The number of alkyl halides is 2. The molecule has 0 aliphatic carbocycles. The number of amides is 2. The van der Waals surface area contributed by atoms with Crippen molar-refractivity contribution in [2.24, 2.45) is 0 Å². The first kappa shape index (κ1) is 20.0. The standard InChI is InChI=1S/C19H19ClF2N4O2/c1-11-7-14(10-24-16(11)23)25-17(27)18(28)26-6-5-19(21,22)9-15(26)12-3-2-4-13(20)8-12/h2-4,7-8,10,15H,5-6,9H2,1H3,(H2,23,24)(H,25,27)/t15-/m0/s1. The van der Waals surface area contributed by atoms with Gasteiger partial charge in [0.15, 0.2) is 0 Å². The number of halogens is 3. The summed E-state index contributed by atoms with van der Waals surface area (Å²) in [5, 5.41) is 2.82. The molecular weight excluding hydrogens is 390 g/mol. The van der Waals surface area contributed by atoms with Gasteiger partial charge < -0.3 is 16.0 Å². The molecule has 0 radical (unpaired) electrons. The number of aromatic nitrogens is 1. The molecule has 6 nitrogen and oxygen atoms in total. The summed E-state index contributed by atoms with van der Waals surface area (Å²) in [5.74, 6) is -4.44. The molecule has 1 aromatic heterocycles. The molecule has 1 aliphatic rings. The van der Waals surface area contributed by atoms with Crippen LogP contribution in [-0.2, 0) is 9.59 Å². The van der Waals surface area contributed by atoms with E-state index in [1.807, 2.05) is 0 Å². The van der Waals surface area contributed by atoms with E-state index < -0.39 is 36.6 Å². The molecule has 1 aromatic carbocycles. The number of carbonyl (C=O) groups is 2. The summed E-state index contributed by atoms with van der Waals surface area (Å²) >= 11 is 5.97. The number of likely N-dealkylation sites (tertiary alicyclic amines) is 1. The molecule has 2 heterocycles. The smallest absolute Gasteiger partial charge is 0.313 e. The van der Waals surface area contributed by atoms with Crippen molar-refractivity contribution in [1.82, 2.24) is 9.88 Å². The van der Waals surface area contributed by atoms with Crippen molar-refractivity contribution in [2.45, 2.75) is 31.7 Å². The van der Waals surface area contributed by atoms with Gasteiger partial charge in [-0.3, -0.25) is 9.59 Å². The van der Waals surface area contributed by atoms with E-state index in [0.29, 0.717) is 27.7 Å². The zero-order valence-corrected chi connectivity index (χ0v) is 15.8. The lowest BCUT2D eigenvalue weighted by Gasteiger charge is -2.39. The fraction of sp³-hybridized carbons (Fsp3) is 0.316. The molecule has 1 aliphatic heterocycles. The van der Waals surface area contributed by atoms with E-state index in [9.17, 15) is 18.4 Å². The quantitative estimate of drug-likeness (QED) is 0.743. The van der Waals surface area contributed by atoms with Gasteiger partial charge in [-0.05, 0) is 36.2 Å². The second-order valence-corrected chi connectivity index (χ2v) is 7.20. The minimum atomic E-state index is -2.93. The molecule has 28 heavy (non-hydrogen) atoms. The largest absolute Gasteiger partial charge is 0.383 e. The number of nitrogens with one attached hydrogen (secondary N) is 1. The van der Waals surface area contributed by atoms with Crippen LogP contribution in [0.5, 0.6) is 0 Å². The van der Waals surface area contributed by atoms with E-state index >= 15 is 0 Å². The second-order valence-electron chi connectivity index (χ2n) is 6.76. The molecule has 3 N–H and O–H groups in total. The molecule has 1 fully saturated rings. The molecule has 3 rings (SSSR count). The highest BCUT2D eigenvalue weighted by Crippen LogP contribution is 2.40. The highest BCUT2D eigenvalue weighted by molar-refractivity contribution is 6.39. The maximum Gasteiger partial charge on any atom is 0.313 e. The number of benzene rings is 1. The zero-order valence-electron chi connectivity index (χ0n) is 15.1. The van der Waals surface area contributed by atoms with Gasteiger partial charge in [-0.1, -0.05) is 23.7 Å². The van der Waals surface area contributed by atoms with Crippen LogP contribution in [-0.4, -0.2) is 34.2 Å². The lowest BCUT2D eigenvalue weighted by atomic mass is 9.92. The van der Waals surface area contributed by atoms with Gasteiger partial charge in [0, 0.05) is 24.4 Å². The number of hydrogen-bond donors (Lipinski definition) is 2. The predicted molar refractivity (Wildman–Crippen MR) is 102 cm³/mol. The summed E-state index contributed by atoms with van der Waals surface area (Å²) in [6.07, 6.45) is 0.243. The summed E-state index contributed by atoms with van der Waals surface area (Å²) in [7, 11) is 0. The Morgan fingerprint density at radius 2 is 2.11 bits per heavy atom. The minimum Gasteiger partial charge on any atom is -0.383 e. The van der Waals surface area contributed by atoms with Crippen LogP contribution in [0.3, 0.4) is 0 Å². The van der Waals surface area contributed by atoms with Gasteiger partial charge in [-0.25, -0.2) is 13.8 Å². The highest BCUT2D eigenvalue weighted by Gasteiger charge is 2.44. The number of hydrogen-bond acceptors (Lipinski definition) is 4. The van der Waals surface area contributed by atoms with E-state index in [2.05, 4.69) is 10.3 Å². The summed E-state index contributed by atoms with van der Waals surface area (Å²) in [4.78, 5) is 30.2. The summed E-state index contributed by atoms with van der Waals surface area (Å²) in [6.45, 7) is 1.47. The third kappa shape index (κ3) is 4.39. The number of nitrogens with zero attached hydrogens (tertiary/aromatic N) is 2. The molecule has 1 saturated heterocycles. The van der Waals surface area contributed by atoms with Crippen molar-refractivity contribution in [3.05, 3.63) is 52.7 Å². The first-order valence-electron chi connectivity index (χ1n) is 8.64. The minimum absolute atomic E-state index is 0.241. The SMILES string of the molecule is Cc1cc(NC(=O)C(=O)N2CCC(F)(F)C[C@H]2c2cccc(Cl)c2)cnc1N. The average molecular weight is 409 g/mol. The van der Waals surface area contributed by atoms with E-state index in [1.54, 1.807) is 31.2 Å². The average Bonchev–Trinajstić information content (AvgIpc) is 2.63. The maximum atomic E-state index is 14.0. The van der Waals surface area contributed by atoms with Gasteiger partial charge >= 0.3 is 11.8 Å². The molecule has 2 aromatic rings. The Balaban J connectivity index is 1.82. The van der Waals surface area contributed by atoms with Gasteiger partial charge in [-0.15, -0.1) is 0 Å². The topological polar surface area (TPSA) is 88.3 Å². The number of pyridine rings is 1. The monoisotopic (exact) mass is 408 g/mol. The first-order valence-corrected chi connectivity index (χ1v) is 9.01. The maximum absolute atomic E-state index is 14.0. The Morgan fingerprint density at radius 1 is 1.36 bits per heavy atom. The summed E-state index contributed by atoms with van der Waals surface area (Å²) in [6, 6.07) is 7.00. The Kier molecular flexibility index (Phi) is 5.51. The molecule has 9 heteroatoms. The Labute approximate surface area is 165 Å². The van der Waals surface area contributed by atoms with Crippen LogP contribution in [0.15, 0.2) is 36.5 Å². The molecule has 148 valence electrons. The van der Waals surface area contributed by atoms with Crippen molar-refractivity contribution in [1.29, 1.82) is 0 Å². The van der Waals surface area contributed by atoms with Crippen LogP contribution in [0.1, 0.15) is 30.0 Å². The van der Waals surface area contributed by atoms with Crippen molar-refractivity contribution in [2.75, 3.05) is 17.6 Å². The van der Waals surface area contributed by atoms with Crippen LogP contribution in [0, 0.1) is 6.92 Å². The second kappa shape index (κ2) is 7.71. The number of anilines is 2. The number of nitrogens with two attached hydrogens (primary N) is 1. The van der Waals surface area contributed by atoms with Crippen molar-refractivity contribution >= 4 is 34.9 Å². The van der Waals surface area contributed by atoms with E-state index in [1.165, 1.54) is 12.3 Å². The van der Waals surface area contributed by atoms with Crippen molar-refractivity contribution in [3.8, 4) is 0 Å². The van der Waals surface area contributed by atoms with E-state index in [4.69, 9.17) is 17.3 Å². The number of rotatable bonds is 2. The van der Waals surface area contributed by atoms with Crippen LogP contribution in [0.2, 0.25) is 5.02 Å². The van der Waals surface area contributed by atoms with Crippen molar-refractivity contribution < 1.29 is 18.4 Å². The molecule has 0 saturated carbocycles. The molecule has 2 amide bonds. The molecule has 0 bridgehead atoms. The number of piperidine rings is 1. The van der Waals surface area contributed by atoms with Crippen LogP contribution >= 0.6 is 11.6 Å². The van der Waals surface area contributed by atoms with Crippen molar-refractivity contribution in [3.63, 3.8) is 0 Å². The fourth-order valence-corrected chi connectivity index (χ4v) is 3.36. The third-order valence-electron chi connectivity index (χ3n) is 4.65. The lowest BCUT2D eigenvalue weighted by Crippen LogP contribution is -2.48. The molecule has 1 atom stereocenters. The highest BCUT2D eigenvalue weighted by atomic mass is 35.5. The van der Waals surface area contributed by atoms with Gasteiger partial charge in [0.05, 0.1) is 17.9 Å². The Morgan fingerprint density at radius 3 is 2.79 bits per heavy atom. The van der Waals surface area contributed by atoms with Crippen LogP contribution < -0.4 is 11.1 Å². The van der Waals surface area contributed by atoms with Crippen LogP contribution in [0.4, 0.5) is 20.3 Å². The molecule has 0 unspecified atom stereocenters. The normalized spacial score (nSPS) is 18.6. The Hall–Kier alpha value is -2.74. The predicted octanol–water partition coefficient (Wildman–Crippen LogP) is 3.56. The molecule has 0 spiro atoms. The fourth-order valence-electron chi connectivity index (χ4n) is 3.16. The summed E-state index contributed by atoms with van der Waals surface area (Å²) < 4.78 is 28.0. The molecular formula is C19H19ClF2N4O2. The number of nitrogen functional groups attached to an aromatic ring is 1. The van der Waals surface area contributed by atoms with Gasteiger partial charge in [-0.2, -0.15) is 0 Å². The van der Waals surface area contributed by atoms with E-state index in [0.717, 1.165) is 4.90 Å². The van der Waals surface area contributed by atoms with Gasteiger partial charge in [0.1, 0.15) is 5.82 Å². The lowest BCUT2D eigenvalue weighted by molar-refractivity contribution is -0.151. The zero-order chi connectivity index (χ0) is 20.5.